The Morgan fingerprint density at radius 2 is 2.00 bits per heavy atom. The maximum Gasteiger partial charge on any atom is 0.158 e. The molecular formula is C15H22N2O2. The van der Waals surface area contributed by atoms with Crippen molar-refractivity contribution in [3.8, 4) is 0 Å². The average Bonchev–Trinajstić information content (AvgIpc) is 2.41. The van der Waals surface area contributed by atoms with E-state index in [1.165, 1.54) is 6.08 Å². The summed E-state index contributed by atoms with van der Waals surface area (Å²) in [5.41, 5.74) is 4.64. The molecule has 0 aromatic carbocycles. The van der Waals surface area contributed by atoms with Crippen molar-refractivity contribution < 1.29 is 9.90 Å². The lowest BCUT2D eigenvalue weighted by Gasteiger charge is -2.01. The van der Waals surface area contributed by atoms with Crippen LogP contribution in [0.1, 0.15) is 34.1 Å². The summed E-state index contributed by atoms with van der Waals surface area (Å²) >= 11 is 0. The highest BCUT2D eigenvalue weighted by Gasteiger charge is 2.00. The summed E-state index contributed by atoms with van der Waals surface area (Å²) in [5, 5.41) is 13.3. The molecule has 4 heteroatoms. The van der Waals surface area contributed by atoms with Crippen molar-refractivity contribution in [2.75, 3.05) is 0 Å². The van der Waals surface area contributed by atoms with E-state index in [-0.39, 0.29) is 11.5 Å². The van der Waals surface area contributed by atoms with Gasteiger partial charge < -0.3 is 5.11 Å². The molecule has 4 nitrogen and oxygen atoms in total. The summed E-state index contributed by atoms with van der Waals surface area (Å²) in [6, 6.07) is 0. The van der Waals surface area contributed by atoms with Crippen LogP contribution >= 0.6 is 0 Å². The first-order chi connectivity index (χ1) is 8.90. The Morgan fingerprint density at radius 3 is 2.53 bits per heavy atom. The molecule has 0 radical (unpaired) electrons. The van der Waals surface area contributed by atoms with Gasteiger partial charge in [0.2, 0.25) is 0 Å². The van der Waals surface area contributed by atoms with Crippen molar-refractivity contribution >= 4 is 11.5 Å². The van der Waals surface area contributed by atoms with Crippen molar-refractivity contribution in [3.05, 3.63) is 47.9 Å². The Bertz CT molecular complexity index is 455. The third-order valence-corrected chi connectivity index (χ3v) is 2.31. The fourth-order valence-electron chi connectivity index (χ4n) is 1.18. The molecule has 0 amide bonds. The molecule has 0 heterocycles. The summed E-state index contributed by atoms with van der Waals surface area (Å²) in [4.78, 5) is 11.4. The van der Waals surface area contributed by atoms with Crippen LogP contribution in [0.15, 0.2) is 53.0 Å². The monoisotopic (exact) mass is 262 g/mol. The van der Waals surface area contributed by atoms with Gasteiger partial charge in [-0.15, -0.1) is 0 Å². The van der Waals surface area contributed by atoms with E-state index in [0.717, 1.165) is 0 Å². The minimum absolute atomic E-state index is 0.103. The fourth-order valence-corrected chi connectivity index (χ4v) is 1.18. The summed E-state index contributed by atoms with van der Waals surface area (Å²) in [7, 11) is 0. The van der Waals surface area contributed by atoms with Gasteiger partial charge in [-0.25, -0.2) is 0 Å². The molecule has 0 aromatic heterocycles. The largest absolute Gasteiger partial charge is 0.508 e. The van der Waals surface area contributed by atoms with Crippen LogP contribution in [-0.4, -0.2) is 16.6 Å². The SMILES string of the molecule is C=C(/C=C\C(O)=C/C)NN=C(C)C=C(C)C(=O)CC. The summed E-state index contributed by atoms with van der Waals surface area (Å²) in [6.45, 7) is 10.8. The highest BCUT2D eigenvalue weighted by molar-refractivity contribution is 6.03. The number of nitrogens with one attached hydrogen (secondary N) is 1. The number of Topliss-reactive ketones (excluding diaryl/α,β-unsaturated/α-hetero) is 1. The third-order valence-electron chi connectivity index (χ3n) is 2.31. The molecule has 0 rings (SSSR count). The van der Waals surface area contributed by atoms with E-state index in [1.807, 2.05) is 6.92 Å². The second-order valence-corrected chi connectivity index (χ2v) is 4.04. The summed E-state index contributed by atoms with van der Waals surface area (Å²) in [6.07, 6.45) is 6.91. The van der Waals surface area contributed by atoms with Crippen LogP contribution < -0.4 is 5.43 Å². The Morgan fingerprint density at radius 1 is 1.37 bits per heavy atom. The van der Waals surface area contributed by atoms with Crippen LogP contribution in [0.25, 0.3) is 0 Å². The number of aliphatic hydroxyl groups is 1. The van der Waals surface area contributed by atoms with Gasteiger partial charge in [-0.1, -0.05) is 13.5 Å². The Kier molecular flexibility index (Phi) is 7.93. The Hall–Kier alpha value is -2.10. The predicted molar refractivity (Wildman–Crippen MR) is 80.0 cm³/mol. The lowest BCUT2D eigenvalue weighted by molar-refractivity contribution is -0.115. The normalized spacial score (nSPS) is 13.8. The van der Waals surface area contributed by atoms with Crippen LogP contribution in [0.3, 0.4) is 0 Å². The average molecular weight is 262 g/mol. The highest BCUT2D eigenvalue weighted by atomic mass is 16.3. The fraction of sp³-hybridized carbons (Fsp3) is 0.333. The lowest BCUT2D eigenvalue weighted by atomic mass is 10.1. The van der Waals surface area contributed by atoms with Gasteiger partial charge in [0.25, 0.3) is 0 Å². The van der Waals surface area contributed by atoms with Crippen LogP contribution in [0, 0.1) is 0 Å². The molecule has 0 aliphatic rings. The van der Waals surface area contributed by atoms with Gasteiger partial charge in [-0.3, -0.25) is 10.2 Å². The first kappa shape index (κ1) is 16.9. The van der Waals surface area contributed by atoms with Gasteiger partial charge in [0.15, 0.2) is 5.78 Å². The standard InChI is InChI=1S/C15H22N2O2/c1-6-14(18)9-8-12(4)16-17-13(5)10-11(3)15(19)7-2/h6,8-10,16,18H,4,7H2,1-3,5H3/b9-8-,11-10?,14-6+,17-13?. The van der Waals surface area contributed by atoms with Crippen molar-refractivity contribution in [2.45, 2.75) is 34.1 Å². The zero-order valence-electron chi connectivity index (χ0n) is 12.0. The number of hydrogen-bond donors (Lipinski definition) is 2. The number of nitrogens with zero attached hydrogens (tertiary/aromatic N) is 1. The van der Waals surface area contributed by atoms with E-state index in [4.69, 9.17) is 0 Å². The zero-order chi connectivity index (χ0) is 14.8. The van der Waals surface area contributed by atoms with E-state index >= 15 is 0 Å². The molecule has 0 bridgehead atoms. The number of rotatable bonds is 7. The van der Waals surface area contributed by atoms with Crippen LogP contribution in [0.2, 0.25) is 0 Å². The zero-order valence-corrected chi connectivity index (χ0v) is 12.0. The molecule has 0 fully saturated rings. The molecule has 0 spiro atoms. The molecule has 0 aromatic rings. The summed E-state index contributed by atoms with van der Waals surface area (Å²) < 4.78 is 0. The number of carbonyl (C=O) groups is 1. The first-order valence-electron chi connectivity index (χ1n) is 6.14. The molecule has 19 heavy (non-hydrogen) atoms. The number of allylic oxidation sites excluding steroid dienone is 5. The molecule has 0 aliphatic heterocycles. The van der Waals surface area contributed by atoms with Crippen LogP contribution in [0.4, 0.5) is 0 Å². The smallest absolute Gasteiger partial charge is 0.158 e. The third kappa shape index (κ3) is 7.76. The van der Waals surface area contributed by atoms with E-state index in [1.54, 1.807) is 39.0 Å². The van der Waals surface area contributed by atoms with Gasteiger partial charge in [0.05, 0.1) is 5.71 Å². The molecule has 0 atom stereocenters. The molecule has 0 saturated heterocycles. The Labute approximate surface area is 114 Å². The Balaban J connectivity index is 4.52. The minimum Gasteiger partial charge on any atom is -0.508 e. The van der Waals surface area contributed by atoms with E-state index < -0.39 is 0 Å². The van der Waals surface area contributed by atoms with Gasteiger partial charge >= 0.3 is 0 Å². The highest BCUT2D eigenvalue weighted by Crippen LogP contribution is 1.99. The predicted octanol–water partition coefficient (Wildman–Crippen LogP) is 3.41. The van der Waals surface area contributed by atoms with Crippen LogP contribution in [0.5, 0.6) is 0 Å². The molecule has 0 aliphatic carbocycles. The number of hydrogen-bond acceptors (Lipinski definition) is 4. The van der Waals surface area contributed by atoms with Crippen molar-refractivity contribution in [1.29, 1.82) is 0 Å². The van der Waals surface area contributed by atoms with Crippen molar-refractivity contribution in [1.82, 2.24) is 5.43 Å². The van der Waals surface area contributed by atoms with E-state index in [2.05, 4.69) is 17.1 Å². The second-order valence-electron chi connectivity index (χ2n) is 4.04. The lowest BCUT2D eigenvalue weighted by Crippen LogP contribution is -2.06. The number of aliphatic hydroxyl groups excluding tert-OH is 1. The molecule has 0 saturated carbocycles. The first-order valence-corrected chi connectivity index (χ1v) is 6.14. The maximum atomic E-state index is 11.4. The molecular weight excluding hydrogens is 240 g/mol. The van der Waals surface area contributed by atoms with Gasteiger partial charge in [-0.2, -0.15) is 5.10 Å². The quantitative estimate of drug-likeness (QED) is 0.243. The molecule has 0 unspecified atom stereocenters. The number of carbonyl (C=O) groups excluding carboxylic acids is 1. The topological polar surface area (TPSA) is 61.7 Å². The van der Waals surface area contributed by atoms with Crippen molar-refractivity contribution in [3.63, 3.8) is 0 Å². The van der Waals surface area contributed by atoms with Crippen molar-refractivity contribution in [2.24, 2.45) is 5.10 Å². The van der Waals surface area contributed by atoms with E-state index in [9.17, 15) is 9.90 Å². The van der Waals surface area contributed by atoms with E-state index in [0.29, 0.717) is 23.4 Å². The van der Waals surface area contributed by atoms with Gasteiger partial charge in [0, 0.05) is 12.1 Å². The summed E-state index contributed by atoms with van der Waals surface area (Å²) in [5.74, 6) is 0.263. The maximum absolute atomic E-state index is 11.4. The molecule has 2 N–H and O–H groups in total. The van der Waals surface area contributed by atoms with Crippen LogP contribution in [-0.2, 0) is 4.79 Å². The second kappa shape index (κ2) is 8.91. The van der Waals surface area contributed by atoms with Gasteiger partial charge in [-0.05, 0) is 50.6 Å². The number of ketones is 1. The molecule has 104 valence electrons. The minimum atomic E-state index is 0.103. The number of hydrazone groups is 1. The van der Waals surface area contributed by atoms with Gasteiger partial charge in [0.1, 0.15) is 5.76 Å².